The molecule has 6 nitrogen and oxygen atoms in total. The van der Waals surface area contributed by atoms with Crippen molar-refractivity contribution in [3.63, 3.8) is 0 Å². The molecule has 0 bridgehead atoms. The number of carbonyl (C=O) groups is 2. The summed E-state index contributed by atoms with van der Waals surface area (Å²) >= 11 is 1.28. The molecule has 0 aliphatic heterocycles. The molecule has 0 radical (unpaired) electrons. The summed E-state index contributed by atoms with van der Waals surface area (Å²) in [7, 11) is 0. The topological polar surface area (TPSA) is 84.0 Å². The first-order valence-electron chi connectivity index (χ1n) is 5.59. The molecule has 7 heteroatoms. The molecule has 17 heavy (non-hydrogen) atoms. The Labute approximate surface area is 103 Å². The molecule has 2 N–H and O–H groups in total. The average molecular weight is 254 g/mol. The van der Waals surface area contributed by atoms with Crippen LogP contribution >= 0.6 is 11.3 Å². The maximum atomic E-state index is 11.4. The van der Waals surface area contributed by atoms with E-state index in [1.165, 1.54) is 11.3 Å². The van der Waals surface area contributed by atoms with Crippen molar-refractivity contribution >= 4 is 28.3 Å². The van der Waals surface area contributed by atoms with Crippen LogP contribution in [0, 0.1) is 5.92 Å². The van der Waals surface area contributed by atoms with Crippen molar-refractivity contribution in [1.29, 1.82) is 0 Å². The monoisotopic (exact) mass is 254 g/mol. The molecule has 92 valence electrons. The van der Waals surface area contributed by atoms with Crippen LogP contribution in [-0.4, -0.2) is 28.6 Å². The van der Waals surface area contributed by atoms with Crippen LogP contribution < -0.4 is 10.6 Å². The summed E-state index contributed by atoms with van der Waals surface area (Å²) in [5.41, 5.74) is 1.56. The lowest BCUT2D eigenvalue weighted by atomic mass is 10.3. The highest BCUT2D eigenvalue weighted by molar-refractivity contribution is 7.13. The Balaban J connectivity index is 1.55. The summed E-state index contributed by atoms with van der Waals surface area (Å²) in [6.07, 6.45) is 3.03. The number of nitrogens with zero attached hydrogens (tertiary/aromatic N) is 2. The number of rotatable bonds is 6. The lowest BCUT2D eigenvalue weighted by Gasteiger charge is -2.03. The fourth-order valence-corrected chi connectivity index (χ4v) is 1.82. The standard InChI is InChI=1S/C10H14N4O2S/c15-8(13-10-14-12-6-17-10)2-1-5-11-9(16)7-3-4-7/h6-7H,1-5H2,(H,11,16)(H,13,14,15). The molecule has 1 aliphatic rings. The second-order valence-electron chi connectivity index (χ2n) is 3.96. The molecule has 1 aromatic rings. The molecule has 1 heterocycles. The van der Waals surface area contributed by atoms with Gasteiger partial charge in [0.25, 0.3) is 0 Å². The molecule has 1 fully saturated rings. The van der Waals surface area contributed by atoms with Crippen LogP contribution in [0.2, 0.25) is 0 Å². The van der Waals surface area contributed by atoms with E-state index in [0.717, 1.165) is 12.8 Å². The van der Waals surface area contributed by atoms with Gasteiger partial charge in [0, 0.05) is 18.9 Å². The van der Waals surface area contributed by atoms with E-state index >= 15 is 0 Å². The normalized spacial score (nSPS) is 14.4. The molecule has 0 aromatic carbocycles. The van der Waals surface area contributed by atoms with E-state index in [1.54, 1.807) is 5.51 Å². The van der Waals surface area contributed by atoms with Crippen molar-refractivity contribution in [2.24, 2.45) is 5.92 Å². The average Bonchev–Trinajstić information content (AvgIpc) is 3.04. The van der Waals surface area contributed by atoms with Gasteiger partial charge in [-0.3, -0.25) is 9.59 Å². The van der Waals surface area contributed by atoms with Crippen LogP contribution in [0.1, 0.15) is 25.7 Å². The highest BCUT2D eigenvalue weighted by Crippen LogP contribution is 2.28. The third-order valence-electron chi connectivity index (χ3n) is 2.43. The largest absolute Gasteiger partial charge is 0.356 e. The van der Waals surface area contributed by atoms with Gasteiger partial charge in [0.1, 0.15) is 5.51 Å². The minimum absolute atomic E-state index is 0.0950. The number of anilines is 1. The summed E-state index contributed by atoms with van der Waals surface area (Å²) in [6.45, 7) is 0.554. The van der Waals surface area contributed by atoms with Crippen LogP contribution in [0.4, 0.5) is 5.13 Å². The summed E-state index contributed by atoms with van der Waals surface area (Å²) in [4.78, 5) is 22.7. The van der Waals surface area contributed by atoms with Crippen molar-refractivity contribution in [2.45, 2.75) is 25.7 Å². The first-order valence-corrected chi connectivity index (χ1v) is 6.47. The Morgan fingerprint density at radius 3 is 2.94 bits per heavy atom. The molecule has 2 rings (SSSR count). The van der Waals surface area contributed by atoms with Gasteiger partial charge in [0.15, 0.2) is 0 Å². The molecule has 0 unspecified atom stereocenters. The Morgan fingerprint density at radius 1 is 1.47 bits per heavy atom. The Morgan fingerprint density at radius 2 is 2.29 bits per heavy atom. The minimum Gasteiger partial charge on any atom is -0.356 e. The van der Waals surface area contributed by atoms with E-state index in [0.29, 0.717) is 24.5 Å². The molecule has 1 saturated carbocycles. The van der Waals surface area contributed by atoms with E-state index < -0.39 is 0 Å². The maximum absolute atomic E-state index is 11.4. The predicted molar refractivity (Wildman–Crippen MR) is 63.5 cm³/mol. The van der Waals surface area contributed by atoms with Crippen LogP contribution in [0.15, 0.2) is 5.51 Å². The summed E-state index contributed by atoms with van der Waals surface area (Å²) in [6, 6.07) is 0. The van der Waals surface area contributed by atoms with Crippen molar-refractivity contribution < 1.29 is 9.59 Å². The molecule has 2 amide bonds. The van der Waals surface area contributed by atoms with Crippen molar-refractivity contribution in [3.05, 3.63) is 5.51 Å². The number of amides is 2. The van der Waals surface area contributed by atoms with E-state index in [9.17, 15) is 9.59 Å². The van der Waals surface area contributed by atoms with Gasteiger partial charge < -0.3 is 10.6 Å². The number of carbonyl (C=O) groups excluding carboxylic acids is 2. The van der Waals surface area contributed by atoms with E-state index in [2.05, 4.69) is 20.8 Å². The molecule has 0 spiro atoms. The van der Waals surface area contributed by atoms with Gasteiger partial charge >= 0.3 is 0 Å². The second kappa shape index (κ2) is 5.72. The fourth-order valence-electron chi connectivity index (χ4n) is 1.36. The Kier molecular flexibility index (Phi) is 4.03. The number of nitrogens with one attached hydrogen (secondary N) is 2. The third kappa shape index (κ3) is 4.10. The smallest absolute Gasteiger partial charge is 0.226 e. The van der Waals surface area contributed by atoms with Gasteiger partial charge in [0.05, 0.1) is 0 Å². The van der Waals surface area contributed by atoms with Gasteiger partial charge in [-0.05, 0) is 19.3 Å². The zero-order valence-electron chi connectivity index (χ0n) is 9.31. The van der Waals surface area contributed by atoms with Gasteiger partial charge in [-0.15, -0.1) is 10.2 Å². The summed E-state index contributed by atoms with van der Waals surface area (Å²) < 4.78 is 0. The highest BCUT2D eigenvalue weighted by Gasteiger charge is 2.28. The van der Waals surface area contributed by atoms with Gasteiger partial charge in [-0.25, -0.2) is 0 Å². The summed E-state index contributed by atoms with van der Waals surface area (Å²) in [5.74, 6) is 0.252. The maximum Gasteiger partial charge on any atom is 0.226 e. The lowest BCUT2D eigenvalue weighted by Crippen LogP contribution is -2.26. The first kappa shape index (κ1) is 12.0. The number of hydrogen-bond donors (Lipinski definition) is 2. The zero-order chi connectivity index (χ0) is 12.1. The van der Waals surface area contributed by atoms with Gasteiger partial charge in [-0.1, -0.05) is 11.3 Å². The van der Waals surface area contributed by atoms with Crippen molar-refractivity contribution in [3.8, 4) is 0 Å². The molecule has 1 aromatic heterocycles. The van der Waals surface area contributed by atoms with Crippen LogP contribution in [-0.2, 0) is 9.59 Å². The Hall–Kier alpha value is -1.50. The quantitative estimate of drug-likeness (QED) is 0.735. The molecule has 0 atom stereocenters. The van der Waals surface area contributed by atoms with E-state index in [1.807, 2.05) is 0 Å². The van der Waals surface area contributed by atoms with Gasteiger partial charge in [0.2, 0.25) is 16.9 Å². The molecular weight excluding hydrogens is 240 g/mol. The van der Waals surface area contributed by atoms with Crippen molar-refractivity contribution in [2.75, 3.05) is 11.9 Å². The van der Waals surface area contributed by atoms with Crippen LogP contribution in [0.25, 0.3) is 0 Å². The predicted octanol–water partition coefficient (Wildman–Crippen LogP) is 0.783. The molecule has 1 aliphatic carbocycles. The van der Waals surface area contributed by atoms with Gasteiger partial charge in [-0.2, -0.15) is 0 Å². The van der Waals surface area contributed by atoms with Crippen molar-refractivity contribution in [1.82, 2.24) is 15.5 Å². The number of aromatic nitrogens is 2. The van der Waals surface area contributed by atoms with E-state index in [4.69, 9.17) is 0 Å². The van der Waals surface area contributed by atoms with Crippen LogP contribution in [0.5, 0.6) is 0 Å². The lowest BCUT2D eigenvalue weighted by molar-refractivity contribution is -0.122. The summed E-state index contributed by atoms with van der Waals surface area (Å²) in [5, 5.41) is 13.3. The zero-order valence-corrected chi connectivity index (χ0v) is 10.1. The SMILES string of the molecule is O=C(CCCNC(=O)C1CC1)Nc1nncs1. The highest BCUT2D eigenvalue weighted by atomic mass is 32.1. The Bertz CT molecular complexity index is 389. The van der Waals surface area contributed by atoms with E-state index in [-0.39, 0.29) is 17.7 Å². The molecular formula is C10H14N4O2S. The first-order chi connectivity index (χ1) is 8.25. The van der Waals surface area contributed by atoms with Crippen LogP contribution in [0.3, 0.4) is 0 Å². The fraction of sp³-hybridized carbons (Fsp3) is 0.600. The number of hydrogen-bond acceptors (Lipinski definition) is 5. The second-order valence-corrected chi connectivity index (χ2v) is 4.79. The molecule has 0 saturated heterocycles. The minimum atomic E-state index is -0.0950. The third-order valence-corrected chi connectivity index (χ3v) is 3.04.